The number of ether oxygens (including phenoxy) is 2. The third-order valence-electron chi connectivity index (χ3n) is 6.27. The van der Waals surface area contributed by atoms with E-state index in [4.69, 9.17) is 9.47 Å². The second-order valence-electron chi connectivity index (χ2n) is 9.98. The molecule has 1 spiro atoms. The average molecular weight is 446 g/mol. The summed E-state index contributed by atoms with van der Waals surface area (Å²) in [5, 5.41) is 0. The van der Waals surface area contributed by atoms with Gasteiger partial charge in [0.1, 0.15) is 11.3 Å². The number of alkyl halides is 2. The largest absolute Gasteiger partial charge is 0.493 e. The maximum Gasteiger partial charge on any atom is 0.343 e. The fourth-order valence-corrected chi connectivity index (χ4v) is 4.55. The number of benzene rings is 1. The van der Waals surface area contributed by atoms with Crippen LogP contribution in [0.1, 0.15) is 74.9 Å². The van der Waals surface area contributed by atoms with Gasteiger partial charge >= 0.3 is 5.97 Å². The number of halogens is 2. The molecule has 0 unspecified atom stereocenters. The van der Waals surface area contributed by atoms with E-state index >= 15 is 0 Å². The first-order chi connectivity index (χ1) is 15.0. The van der Waals surface area contributed by atoms with Crippen LogP contribution in [-0.2, 0) is 16.7 Å². The van der Waals surface area contributed by atoms with E-state index in [9.17, 15) is 18.4 Å². The highest BCUT2D eigenvalue weighted by Crippen LogP contribution is 2.50. The zero-order valence-electron chi connectivity index (χ0n) is 19.0. The van der Waals surface area contributed by atoms with Gasteiger partial charge in [0.25, 0.3) is 6.43 Å². The van der Waals surface area contributed by atoms with Crippen molar-refractivity contribution >= 4 is 5.97 Å². The van der Waals surface area contributed by atoms with Crippen LogP contribution in [0, 0.1) is 5.41 Å². The molecule has 1 aromatic heterocycles. The van der Waals surface area contributed by atoms with Gasteiger partial charge in [-0.05, 0) is 55.7 Å². The molecule has 1 aliphatic carbocycles. The van der Waals surface area contributed by atoms with E-state index in [1.54, 1.807) is 19.2 Å². The highest BCUT2D eigenvalue weighted by molar-refractivity contribution is 5.89. The Bertz CT molecular complexity index is 1110. The van der Waals surface area contributed by atoms with E-state index in [1.165, 1.54) is 12.1 Å². The zero-order valence-corrected chi connectivity index (χ0v) is 19.0. The van der Waals surface area contributed by atoms with Gasteiger partial charge < -0.3 is 14.0 Å². The lowest BCUT2D eigenvalue weighted by atomic mass is 9.69. The number of fused-ring (bicyclic) bond motifs is 4. The van der Waals surface area contributed by atoms with E-state index < -0.39 is 17.8 Å². The average Bonchev–Trinajstić information content (AvgIpc) is 2.68. The van der Waals surface area contributed by atoms with Crippen molar-refractivity contribution in [2.75, 3.05) is 13.2 Å². The first kappa shape index (κ1) is 22.5. The van der Waals surface area contributed by atoms with Crippen LogP contribution in [0.15, 0.2) is 29.2 Å². The van der Waals surface area contributed by atoms with Gasteiger partial charge in [-0.15, -0.1) is 0 Å². The Morgan fingerprint density at radius 1 is 1.22 bits per heavy atom. The van der Waals surface area contributed by atoms with Gasteiger partial charge in [-0.3, -0.25) is 4.79 Å². The molecule has 7 heteroatoms. The van der Waals surface area contributed by atoms with Crippen LogP contribution in [0.4, 0.5) is 8.78 Å². The Balaban J connectivity index is 1.87. The number of carbonyl (C=O) groups excluding carboxylic acids is 1. The molecule has 2 aliphatic rings. The number of pyridine rings is 1. The normalized spacial score (nSPS) is 16.3. The molecule has 32 heavy (non-hydrogen) atoms. The fraction of sp³-hybridized carbons (Fsp3) is 0.520. The molecule has 2 aromatic rings. The van der Waals surface area contributed by atoms with Gasteiger partial charge in [-0.1, -0.05) is 20.8 Å². The minimum Gasteiger partial charge on any atom is -0.493 e. The van der Waals surface area contributed by atoms with Crippen molar-refractivity contribution in [2.45, 2.75) is 65.3 Å². The molecule has 0 radical (unpaired) electrons. The summed E-state index contributed by atoms with van der Waals surface area (Å²) in [6.45, 7) is 8.13. The third kappa shape index (κ3) is 3.93. The van der Waals surface area contributed by atoms with Crippen molar-refractivity contribution in [3.8, 4) is 17.0 Å². The summed E-state index contributed by atoms with van der Waals surface area (Å²) in [5.41, 5.74) is 0.918. The molecular formula is C25H29F2NO4. The van der Waals surface area contributed by atoms with Crippen molar-refractivity contribution < 1.29 is 23.0 Å². The highest BCUT2D eigenvalue weighted by atomic mass is 19.3. The predicted molar refractivity (Wildman–Crippen MR) is 118 cm³/mol. The fourth-order valence-electron chi connectivity index (χ4n) is 4.55. The minimum atomic E-state index is -2.71. The smallest absolute Gasteiger partial charge is 0.343 e. The van der Waals surface area contributed by atoms with Gasteiger partial charge in [0.15, 0.2) is 5.43 Å². The van der Waals surface area contributed by atoms with E-state index in [2.05, 4.69) is 0 Å². The number of aromatic nitrogens is 1. The van der Waals surface area contributed by atoms with E-state index in [0.717, 1.165) is 24.8 Å². The summed E-state index contributed by atoms with van der Waals surface area (Å²) in [4.78, 5) is 25.1. The molecule has 2 heterocycles. The van der Waals surface area contributed by atoms with Crippen molar-refractivity contribution in [1.82, 2.24) is 4.57 Å². The topological polar surface area (TPSA) is 57.5 Å². The maximum absolute atomic E-state index is 13.9. The first-order valence-corrected chi connectivity index (χ1v) is 11.1. The number of hydrogen-bond acceptors (Lipinski definition) is 4. The lowest BCUT2D eigenvalue weighted by molar-refractivity contribution is 0.0521. The molecular weight excluding hydrogens is 416 g/mol. The summed E-state index contributed by atoms with van der Waals surface area (Å²) in [6.07, 6.45) is 2.28. The SMILES string of the molecule is CCOC(=O)c1cn2c(cc1=O)-c1cc(C(F)F)c(OCC(C)(C)C)cc1CC21CCC1. The van der Waals surface area contributed by atoms with Crippen molar-refractivity contribution in [1.29, 1.82) is 0 Å². The quantitative estimate of drug-likeness (QED) is 0.571. The standard InChI is InChI=1S/C25H29F2NO4/c1-5-31-23(30)18-13-28-19(11-20(18)29)16-10-17(22(26)27)21(32-14-24(2,3)4)9-15(16)12-25(28)7-6-8-25/h9-11,13,22H,5-8,12,14H2,1-4H3. The third-order valence-corrected chi connectivity index (χ3v) is 6.27. The summed E-state index contributed by atoms with van der Waals surface area (Å²) in [6, 6.07) is 4.55. The Labute approximate surface area is 186 Å². The number of hydrogen-bond donors (Lipinski definition) is 0. The zero-order chi connectivity index (χ0) is 23.3. The van der Waals surface area contributed by atoms with Gasteiger partial charge in [0, 0.05) is 23.4 Å². The monoisotopic (exact) mass is 445 g/mol. The van der Waals surface area contributed by atoms with E-state index in [1.807, 2.05) is 25.3 Å². The van der Waals surface area contributed by atoms with E-state index in [0.29, 0.717) is 24.3 Å². The van der Waals surface area contributed by atoms with Gasteiger partial charge in [0.2, 0.25) is 0 Å². The molecule has 1 saturated carbocycles. The van der Waals surface area contributed by atoms with Crippen LogP contribution in [0.5, 0.6) is 5.75 Å². The van der Waals surface area contributed by atoms with Crippen LogP contribution in [0.2, 0.25) is 0 Å². The number of esters is 1. The summed E-state index contributed by atoms with van der Waals surface area (Å²) >= 11 is 0. The first-order valence-electron chi connectivity index (χ1n) is 11.1. The Morgan fingerprint density at radius 2 is 1.94 bits per heavy atom. The van der Waals surface area contributed by atoms with Crippen LogP contribution < -0.4 is 10.2 Å². The molecule has 1 aliphatic heterocycles. The number of nitrogens with zero attached hydrogens (tertiary/aromatic N) is 1. The predicted octanol–water partition coefficient (Wildman–Crippen LogP) is 5.49. The molecule has 0 atom stereocenters. The Morgan fingerprint density at radius 3 is 2.50 bits per heavy atom. The highest BCUT2D eigenvalue weighted by Gasteiger charge is 2.44. The van der Waals surface area contributed by atoms with Gasteiger partial charge in [-0.2, -0.15) is 0 Å². The summed E-state index contributed by atoms with van der Waals surface area (Å²) in [7, 11) is 0. The molecule has 0 bridgehead atoms. The second kappa shape index (κ2) is 8.01. The molecule has 1 aromatic carbocycles. The molecule has 0 amide bonds. The molecule has 0 N–H and O–H groups in total. The van der Waals surface area contributed by atoms with Crippen LogP contribution in [0.25, 0.3) is 11.3 Å². The van der Waals surface area contributed by atoms with Crippen LogP contribution in [0.3, 0.4) is 0 Å². The van der Waals surface area contributed by atoms with Crippen LogP contribution in [-0.4, -0.2) is 23.8 Å². The Hall–Kier alpha value is -2.70. The van der Waals surface area contributed by atoms with Crippen molar-refractivity contribution in [3.05, 3.63) is 51.3 Å². The minimum absolute atomic E-state index is 0.0236. The molecule has 172 valence electrons. The molecule has 4 rings (SSSR count). The number of rotatable bonds is 5. The molecule has 5 nitrogen and oxygen atoms in total. The maximum atomic E-state index is 13.9. The number of carbonyl (C=O) groups is 1. The Kier molecular flexibility index (Phi) is 5.63. The van der Waals surface area contributed by atoms with Crippen molar-refractivity contribution in [2.24, 2.45) is 5.41 Å². The molecule has 0 saturated heterocycles. The second-order valence-corrected chi connectivity index (χ2v) is 9.98. The summed E-state index contributed by atoms with van der Waals surface area (Å²) < 4.78 is 40.7. The van der Waals surface area contributed by atoms with E-state index in [-0.39, 0.29) is 34.4 Å². The molecule has 1 fully saturated rings. The lowest BCUT2D eigenvalue weighted by Crippen LogP contribution is -2.46. The summed E-state index contributed by atoms with van der Waals surface area (Å²) in [5.74, 6) is -0.464. The van der Waals surface area contributed by atoms with Crippen LogP contribution >= 0.6 is 0 Å². The lowest BCUT2D eigenvalue weighted by Gasteiger charge is -2.49. The van der Waals surface area contributed by atoms with Gasteiger partial charge in [-0.25, -0.2) is 13.6 Å². The van der Waals surface area contributed by atoms with Gasteiger partial charge in [0.05, 0.1) is 24.5 Å². The van der Waals surface area contributed by atoms with Crippen molar-refractivity contribution in [3.63, 3.8) is 0 Å².